The average Bonchev–Trinajstić information content (AvgIpc) is 2.58. The van der Waals surface area contributed by atoms with E-state index in [4.69, 9.17) is 0 Å². The Morgan fingerprint density at radius 1 is 1.32 bits per heavy atom. The predicted molar refractivity (Wildman–Crippen MR) is 93.3 cm³/mol. The molecule has 5 rings (SSSR count). The van der Waals surface area contributed by atoms with Gasteiger partial charge in [-0.25, -0.2) is 4.98 Å². The summed E-state index contributed by atoms with van der Waals surface area (Å²) in [5, 5.41) is 11.9. The van der Waals surface area contributed by atoms with Crippen molar-refractivity contribution < 1.29 is 9.90 Å². The molecule has 4 saturated carbocycles. The number of H-pyrrole nitrogens is 1. The van der Waals surface area contributed by atoms with Gasteiger partial charge in [0.05, 0.1) is 12.6 Å². The molecule has 0 spiro atoms. The fraction of sp³-hybridized carbons (Fsp3) is 0.737. The number of hydrogen-bond donors (Lipinski definition) is 3. The molecule has 1 aromatic rings. The smallest absolute Gasteiger partial charge is 0.263 e. The number of rotatable bonds is 5. The molecule has 1 heterocycles. The van der Waals surface area contributed by atoms with E-state index in [-0.39, 0.29) is 29.2 Å². The molecule has 1 atom stereocenters. The minimum absolute atomic E-state index is 0.0139. The molecule has 4 fully saturated rings. The molecule has 3 N–H and O–H groups in total. The van der Waals surface area contributed by atoms with Crippen molar-refractivity contribution >= 4 is 5.91 Å². The molecule has 25 heavy (non-hydrogen) atoms. The highest BCUT2D eigenvalue weighted by atomic mass is 16.3. The number of aliphatic hydroxyl groups excluding tert-OH is 1. The number of carbonyl (C=O) groups excluding carboxylic acids is 1. The Morgan fingerprint density at radius 2 is 1.92 bits per heavy atom. The monoisotopic (exact) mass is 345 g/mol. The standard InChI is InChI=1S/C19H27N3O3/c1-2-14(10-23)21-16(24)15-9-20-18(22-17(15)25)19-6-11-3-12(7-19)5-13(4-11)8-19/h9,11-14,23H,2-8,10H2,1H3,(H,21,24)(H,20,22,25)/t11?,12?,13?,14-,19?/m0/s1. The summed E-state index contributed by atoms with van der Waals surface area (Å²) in [6, 6.07) is -0.338. The maximum atomic E-state index is 12.5. The third-order valence-corrected chi connectivity index (χ3v) is 6.63. The lowest BCUT2D eigenvalue weighted by molar-refractivity contribution is -0.00954. The maximum Gasteiger partial charge on any atom is 0.263 e. The Balaban J connectivity index is 1.58. The maximum absolute atomic E-state index is 12.5. The van der Waals surface area contributed by atoms with E-state index < -0.39 is 5.91 Å². The van der Waals surface area contributed by atoms with Gasteiger partial charge in [0, 0.05) is 11.6 Å². The SMILES string of the molecule is CC[C@@H](CO)NC(=O)c1cnc(C23CC4CC(CC(C4)C2)C3)[nH]c1=O. The third-order valence-electron chi connectivity index (χ3n) is 6.63. The van der Waals surface area contributed by atoms with Crippen LogP contribution < -0.4 is 10.9 Å². The lowest BCUT2D eigenvalue weighted by Gasteiger charge is -2.56. The van der Waals surface area contributed by atoms with Crippen LogP contribution in [-0.4, -0.2) is 33.6 Å². The first-order valence-electron chi connectivity index (χ1n) is 9.54. The van der Waals surface area contributed by atoms with Crippen molar-refractivity contribution in [2.75, 3.05) is 6.61 Å². The normalized spacial score (nSPS) is 34.1. The number of aromatic amines is 1. The summed E-state index contributed by atoms with van der Waals surface area (Å²) in [4.78, 5) is 32.2. The van der Waals surface area contributed by atoms with Gasteiger partial charge in [-0.2, -0.15) is 0 Å². The Morgan fingerprint density at radius 3 is 2.40 bits per heavy atom. The lowest BCUT2D eigenvalue weighted by Crippen LogP contribution is -2.50. The molecule has 1 amide bonds. The highest BCUT2D eigenvalue weighted by molar-refractivity contribution is 5.93. The van der Waals surface area contributed by atoms with Crippen LogP contribution in [-0.2, 0) is 5.41 Å². The van der Waals surface area contributed by atoms with Crippen molar-refractivity contribution in [3.8, 4) is 0 Å². The van der Waals surface area contributed by atoms with Crippen molar-refractivity contribution in [2.24, 2.45) is 17.8 Å². The second kappa shape index (κ2) is 6.24. The van der Waals surface area contributed by atoms with E-state index in [0.29, 0.717) is 6.42 Å². The molecule has 0 aromatic carbocycles. The van der Waals surface area contributed by atoms with E-state index in [1.807, 2.05) is 6.92 Å². The molecule has 6 nitrogen and oxygen atoms in total. The van der Waals surface area contributed by atoms with Crippen LogP contribution in [0.3, 0.4) is 0 Å². The highest BCUT2D eigenvalue weighted by Crippen LogP contribution is 2.59. The van der Waals surface area contributed by atoms with Gasteiger partial charge in [0.1, 0.15) is 11.4 Å². The van der Waals surface area contributed by atoms with Gasteiger partial charge in [-0.15, -0.1) is 0 Å². The van der Waals surface area contributed by atoms with E-state index in [9.17, 15) is 14.7 Å². The molecule has 0 aliphatic heterocycles. The molecule has 0 unspecified atom stereocenters. The van der Waals surface area contributed by atoms with Crippen molar-refractivity contribution in [1.82, 2.24) is 15.3 Å². The van der Waals surface area contributed by atoms with Gasteiger partial charge in [-0.3, -0.25) is 9.59 Å². The summed E-state index contributed by atoms with van der Waals surface area (Å²) < 4.78 is 0. The minimum Gasteiger partial charge on any atom is -0.394 e. The lowest BCUT2D eigenvalue weighted by atomic mass is 9.49. The van der Waals surface area contributed by atoms with Crippen LogP contribution in [0.15, 0.2) is 11.0 Å². The van der Waals surface area contributed by atoms with Crippen LogP contribution in [0.2, 0.25) is 0 Å². The first kappa shape index (κ1) is 16.8. The third kappa shape index (κ3) is 2.90. The van der Waals surface area contributed by atoms with Crippen LogP contribution >= 0.6 is 0 Å². The Bertz CT molecular complexity index is 688. The largest absolute Gasteiger partial charge is 0.394 e. The number of amides is 1. The van der Waals surface area contributed by atoms with E-state index in [0.717, 1.165) is 42.8 Å². The topological polar surface area (TPSA) is 95.1 Å². The van der Waals surface area contributed by atoms with Crippen LogP contribution in [0.4, 0.5) is 0 Å². The molecule has 136 valence electrons. The zero-order valence-electron chi connectivity index (χ0n) is 14.8. The van der Waals surface area contributed by atoms with E-state index in [2.05, 4.69) is 15.3 Å². The number of aromatic nitrogens is 2. The summed E-state index contributed by atoms with van der Waals surface area (Å²) in [6.45, 7) is 1.73. The Labute approximate surface area is 147 Å². The van der Waals surface area contributed by atoms with Gasteiger partial charge < -0.3 is 15.4 Å². The molecule has 4 aliphatic carbocycles. The van der Waals surface area contributed by atoms with Gasteiger partial charge in [0.2, 0.25) is 0 Å². The highest BCUT2D eigenvalue weighted by Gasteiger charge is 2.52. The van der Waals surface area contributed by atoms with Crippen molar-refractivity contribution in [3.05, 3.63) is 27.9 Å². The van der Waals surface area contributed by atoms with Crippen LogP contribution in [0.5, 0.6) is 0 Å². The Kier molecular flexibility index (Phi) is 4.18. The number of nitrogens with zero attached hydrogens (tertiary/aromatic N) is 1. The fourth-order valence-corrected chi connectivity index (χ4v) is 5.77. The molecule has 1 aromatic heterocycles. The fourth-order valence-electron chi connectivity index (χ4n) is 5.77. The van der Waals surface area contributed by atoms with Crippen LogP contribution in [0, 0.1) is 17.8 Å². The molecular formula is C19H27N3O3. The Hall–Kier alpha value is -1.69. The van der Waals surface area contributed by atoms with Gasteiger partial charge in [-0.1, -0.05) is 6.92 Å². The predicted octanol–water partition coefficient (Wildman–Crippen LogP) is 1.74. The molecule has 0 radical (unpaired) electrons. The van der Waals surface area contributed by atoms with Gasteiger partial charge in [0.25, 0.3) is 11.5 Å². The number of hydrogen-bond acceptors (Lipinski definition) is 4. The summed E-state index contributed by atoms with van der Waals surface area (Å²) in [5.74, 6) is 2.63. The molecule has 6 heteroatoms. The van der Waals surface area contributed by atoms with Crippen LogP contribution in [0.25, 0.3) is 0 Å². The average molecular weight is 345 g/mol. The van der Waals surface area contributed by atoms with Gasteiger partial charge >= 0.3 is 0 Å². The molecule has 4 bridgehead atoms. The molecule has 4 aliphatic rings. The summed E-state index contributed by atoms with van der Waals surface area (Å²) >= 11 is 0. The molecule has 0 saturated heterocycles. The van der Waals surface area contributed by atoms with E-state index in [1.54, 1.807) is 0 Å². The van der Waals surface area contributed by atoms with Crippen molar-refractivity contribution in [2.45, 2.75) is 63.3 Å². The van der Waals surface area contributed by atoms with Gasteiger partial charge in [0.15, 0.2) is 0 Å². The second-order valence-corrected chi connectivity index (χ2v) is 8.43. The van der Waals surface area contributed by atoms with E-state index in [1.165, 1.54) is 25.5 Å². The quantitative estimate of drug-likeness (QED) is 0.757. The number of nitrogens with one attached hydrogen (secondary N) is 2. The van der Waals surface area contributed by atoms with Crippen molar-refractivity contribution in [1.29, 1.82) is 0 Å². The number of carbonyl (C=O) groups is 1. The van der Waals surface area contributed by atoms with Crippen LogP contribution in [0.1, 0.15) is 68.1 Å². The summed E-state index contributed by atoms with van der Waals surface area (Å²) in [6.07, 6.45) is 9.41. The minimum atomic E-state index is -0.466. The first-order valence-corrected chi connectivity index (χ1v) is 9.54. The van der Waals surface area contributed by atoms with Gasteiger partial charge in [-0.05, 0) is 62.7 Å². The van der Waals surface area contributed by atoms with Crippen molar-refractivity contribution in [3.63, 3.8) is 0 Å². The molecular weight excluding hydrogens is 318 g/mol. The summed E-state index contributed by atoms with van der Waals surface area (Å²) in [7, 11) is 0. The first-order chi connectivity index (χ1) is 12.0. The summed E-state index contributed by atoms with van der Waals surface area (Å²) in [5.41, 5.74) is -0.327. The number of aliphatic hydroxyl groups is 1. The zero-order chi connectivity index (χ0) is 17.6. The zero-order valence-corrected chi connectivity index (χ0v) is 14.8. The van der Waals surface area contributed by atoms with E-state index >= 15 is 0 Å². The second-order valence-electron chi connectivity index (χ2n) is 8.43.